The van der Waals surface area contributed by atoms with Crippen molar-refractivity contribution in [2.75, 3.05) is 6.61 Å². The van der Waals surface area contributed by atoms with E-state index in [4.69, 9.17) is 4.74 Å². The van der Waals surface area contributed by atoms with Crippen LogP contribution in [0.25, 0.3) is 0 Å². The molecule has 0 saturated heterocycles. The van der Waals surface area contributed by atoms with Gasteiger partial charge in [-0.15, -0.1) is 0 Å². The largest absolute Gasteiger partial charge is 0.465 e. The van der Waals surface area contributed by atoms with Crippen LogP contribution >= 0.6 is 45.2 Å². The molecule has 2 aliphatic rings. The number of hydrogen-bond acceptors (Lipinski definition) is 3. The summed E-state index contributed by atoms with van der Waals surface area (Å²) in [5.74, 6) is -0.143. The summed E-state index contributed by atoms with van der Waals surface area (Å²) in [7, 11) is 0. The molecule has 0 aromatic rings. The first-order valence-electron chi connectivity index (χ1n) is 5.80. The monoisotopic (exact) mass is 460 g/mol. The van der Waals surface area contributed by atoms with Crippen molar-refractivity contribution in [1.29, 1.82) is 0 Å². The first-order chi connectivity index (χ1) is 8.05. The van der Waals surface area contributed by atoms with Crippen molar-refractivity contribution in [3.05, 3.63) is 7.16 Å². The van der Waals surface area contributed by atoms with Crippen molar-refractivity contribution in [2.24, 2.45) is 11.3 Å². The first kappa shape index (κ1) is 13.8. The third-order valence-electron chi connectivity index (χ3n) is 3.62. The fourth-order valence-electron chi connectivity index (χ4n) is 2.84. The Balaban J connectivity index is 2.47. The lowest BCUT2D eigenvalue weighted by molar-refractivity contribution is -0.161. The zero-order chi connectivity index (χ0) is 12.6. The van der Waals surface area contributed by atoms with Crippen LogP contribution in [0.3, 0.4) is 0 Å². The average Bonchev–Trinajstić information content (AvgIpc) is 2.54. The van der Waals surface area contributed by atoms with Crippen LogP contribution in [0.4, 0.5) is 0 Å². The third-order valence-corrected chi connectivity index (χ3v) is 7.13. The molecule has 0 unspecified atom stereocenters. The molecule has 0 amide bonds. The number of ketones is 1. The summed E-state index contributed by atoms with van der Waals surface area (Å²) in [6, 6.07) is 0. The van der Waals surface area contributed by atoms with Crippen LogP contribution in [0.1, 0.15) is 32.6 Å². The van der Waals surface area contributed by atoms with Gasteiger partial charge in [0.15, 0.2) is 11.2 Å². The molecule has 0 bridgehead atoms. The minimum atomic E-state index is -0.953. The van der Waals surface area contributed by atoms with E-state index in [2.05, 4.69) is 45.2 Å². The van der Waals surface area contributed by atoms with Gasteiger partial charge in [-0.1, -0.05) is 0 Å². The van der Waals surface area contributed by atoms with E-state index in [0.717, 1.165) is 26.4 Å². The minimum Gasteiger partial charge on any atom is -0.465 e. The zero-order valence-corrected chi connectivity index (χ0v) is 13.9. The molecule has 2 aliphatic carbocycles. The number of carbonyl (C=O) groups is 2. The van der Waals surface area contributed by atoms with Gasteiger partial charge in [-0.25, -0.2) is 0 Å². The van der Waals surface area contributed by atoms with Crippen molar-refractivity contribution in [2.45, 2.75) is 32.6 Å². The number of Topliss-reactive ketones (excluding diaryl/α,β-unsaturated/α-hetero) is 1. The second-order valence-electron chi connectivity index (χ2n) is 4.46. The summed E-state index contributed by atoms with van der Waals surface area (Å²) in [5, 5.41) is 0. The van der Waals surface area contributed by atoms with E-state index in [1.54, 1.807) is 6.92 Å². The lowest BCUT2D eigenvalue weighted by atomic mass is 9.67. The molecule has 5 heteroatoms. The Morgan fingerprint density at radius 1 is 1.53 bits per heavy atom. The van der Waals surface area contributed by atoms with E-state index in [9.17, 15) is 9.59 Å². The van der Waals surface area contributed by atoms with Gasteiger partial charge < -0.3 is 4.74 Å². The Hall–Kier alpha value is 0.340. The van der Waals surface area contributed by atoms with Gasteiger partial charge in [-0.3, -0.25) is 9.59 Å². The molecule has 2 rings (SSSR count). The molecule has 0 spiro atoms. The number of ether oxygens (including phenoxy) is 1. The van der Waals surface area contributed by atoms with Gasteiger partial charge in [0.1, 0.15) is 0 Å². The highest BCUT2D eigenvalue weighted by molar-refractivity contribution is 14.1. The van der Waals surface area contributed by atoms with E-state index in [1.807, 2.05) is 0 Å². The van der Waals surface area contributed by atoms with Gasteiger partial charge in [-0.2, -0.15) is 0 Å². The van der Waals surface area contributed by atoms with Gasteiger partial charge in [0.05, 0.1) is 6.61 Å². The van der Waals surface area contributed by atoms with Gasteiger partial charge in [0.25, 0.3) is 0 Å². The maximum absolute atomic E-state index is 12.3. The van der Waals surface area contributed by atoms with Crippen molar-refractivity contribution < 1.29 is 14.3 Å². The van der Waals surface area contributed by atoms with Gasteiger partial charge in [0, 0.05) is 13.6 Å². The molecular formula is C12H14I2O3. The van der Waals surface area contributed by atoms with E-state index in [0.29, 0.717) is 13.0 Å². The molecule has 0 N–H and O–H groups in total. The molecular weight excluding hydrogens is 446 g/mol. The molecule has 0 aromatic heterocycles. The van der Waals surface area contributed by atoms with E-state index in [-0.39, 0.29) is 17.7 Å². The van der Waals surface area contributed by atoms with Crippen LogP contribution < -0.4 is 0 Å². The van der Waals surface area contributed by atoms with Crippen LogP contribution in [0.15, 0.2) is 7.16 Å². The van der Waals surface area contributed by atoms with Crippen molar-refractivity contribution in [1.82, 2.24) is 0 Å². The van der Waals surface area contributed by atoms with Crippen LogP contribution in [-0.2, 0) is 14.3 Å². The Morgan fingerprint density at radius 3 is 2.88 bits per heavy atom. The second kappa shape index (κ2) is 5.14. The van der Waals surface area contributed by atoms with Gasteiger partial charge >= 0.3 is 5.97 Å². The summed E-state index contributed by atoms with van der Waals surface area (Å²) in [4.78, 5) is 24.6. The van der Waals surface area contributed by atoms with Crippen LogP contribution in [-0.4, -0.2) is 18.4 Å². The highest BCUT2D eigenvalue weighted by Gasteiger charge is 2.60. The maximum atomic E-state index is 12.3. The molecule has 1 fully saturated rings. The zero-order valence-electron chi connectivity index (χ0n) is 9.59. The highest BCUT2D eigenvalue weighted by Crippen LogP contribution is 2.58. The molecule has 3 nitrogen and oxygen atoms in total. The van der Waals surface area contributed by atoms with Crippen molar-refractivity contribution in [3.63, 3.8) is 0 Å². The second-order valence-corrected chi connectivity index (χ2v) is 6.84. The highest BCUT2D eigenvalue weighted by atomic mass is 127. The molecule has 0 radical (unpaired) electrons. The predicted octanol–water partition coefficient (Wildman–Crippen LogP) is 3.39. The lowest BCUT2D eigenvalue weighted by Crippen LogP contribution is -2.47. The summed E-state index contributed by atoms with van der Waals surface area (Å²) in [5.41, 5.74) is -0.953. The summed E-state index contributed by atoms with van der Waals surface area (Å²) in [6.07, 6.45) is 3.21. The predicted molar refractivity (Wildman–Crippen MR) is 81.1 cm³/mol. The van der Waals surface area contributed by atoms with Crippen LogP contribution in [0, 0.1) is 11.3 Å². The number of esters is 1. The number of rotatable bonds is 2. The fourth-order valence-corrected chi connectivity index (χ4v) is 4.98. The molecule has 0 heterocycles. The Bertz CT molecular complexity index is 403. The Morgan fingerprint density at radius 2 is 2.24 bits per heavy atom. The van der Waals surface area contributed by atoms with Crippen molar-refractivity contribution in [3.8, 4) is 0 Å². The molecule has 2 atom stereocenters. The smallest absolute Gasteiger partial charge is 0.324 e. The summed E-state index contributed by atoms with van der Waals surface area (Å²) >= 11 is 4.42. The summed E-state index contributed by atoms with van der Waals surface area (Å²) < 4.78 is 7.23. The minimum absolute atomic E-state index is 0.0586. The number of hydrogen-bond donors (Lipinski definition) is 0. The number of fused-ring (bicyclic) bond motifs is 1. The molecule has 0 aromatic carbocycles. The quantitative estimate of drug-likeness (QED) is 0.361. The van der Waals surface area contributed by atoms with Crippen LogP contribution in [0.2, 0.25) is 0 Å². The van der Waals surface area contributed by atoms with E-state index >= 15 is 0 Å². The molecule has 0 aliphatic heterocycles. The normalized spacial score (nSPS) is 32.6. The maximum Gasteiger partial charge on any atom is 0.324 e. The standard InChI is InChI=1S/C12H14I2O3/c1-2-17-11(16)12-7(4-3-5-9(12)15)6-8(13)10(12)14/h7H,2-6H2,1H3/t7-,12-/m0/s1. The topological polar surface area (TPSA) is 43.4 Å². The SMILES string of the molecule is CCOC(=O)[C@]12C(=O)CCC[C@H]1CC(I)=C2I. The fraction of sp³-hybridized carbons (Fsp3) is 0.667. The van der Waals surface area contributed by atoms with Gasteiger partial charge in [0.2, 0.25) is 0 Å². The van der Waals surface area contributed by atoms with E-state index in [1.165, 1.54) is 0 Å². The number of carbonyl (C=O) groups excluding carboxylic acids is 2. The first-order valence-corrected chi connectivity index (χ1v) is 7.96. The van der Waals surface area contributed by atoms with Crippen LogP contribution in [0.5, 0.6) is 0 Å². The Labute approximate surface area is 128 Å². The van der Waals surface area contributed by atoms with Gasteiger partial charge in [-0.05, 0) is 77.3 Å². The van der Waals surface area contributed by atoms with E-state index < -0.39 is 5.41 Å². The molecule has 1 saturated carbocycles. The average molecular weight is 460 g/mol. The number of halogens is 2. The molecule has 17 heavy (non-hydrogen) atoms. The lowest BCUT2D eigenvalue weighted by Gasteiger charge is -2.36. The number of allylic oxidation sites excluding steroid dienone is 1. The van der Waals surface area contributed by atoms with Crippen molar-refractivity contribution >= 4 is 56.9 Å². The third kappa shape index (κ3) is 1.97. The Kier molecular flexibility index (Phi) is 4.16. The molecule has 94 valence electrons. The summed E-state index contributed by atoms with van der Waals surface area (Å²) in [6.45, 7) is 2.12.